The van der Waals surface area contributed by atoms with Crippen LogP contribution in [0.4, 0.5) is 11.4 Å². The summed E-state index contributed by atoms with van der Waals surface area (Å²) in [6.45, 7) is 2.01. The molecule has 1 unspecified atom stereocenters. The van der Waals surface area contributed by atoms with Crippen LogP contribution in [0.15, 0.2) is 33.9 Å². The van der Waals surface area contributed by atoms with Crippen LogP contribution in [0.3, 0.4) is 0 Å². The van der Waals surface area contributed by atoms with Gasteiger partial charge in [0.25, 0.3) is 5.17 Å². The molecule has 1 aromatic heterocycles. The van der Waals surface area contributed by atoms with E-state index in [1.54, 1.807) is 12.1 Å². The second-order valence-corrected chi connectivity index (χ2v) is 8.07. The van der Waals surface area contributed by atoms with Crippen LogP contribution in [0.25, 0.3) is 0 Å². The quantitative estimate of drug-likeness (QED) is 0.309. The summed E-state index contributed by atoms with van der Waals surface area (Å²) in [4.78, 5) is 0. The second-order valence-electron chi connectivity index (χ2n) is 5.52. The number of anilines is 2. The highest BCUT2D eigenvalue weighted by Crippen LogP contribution is 2.35. The van der Waals surface area contributed by atoms with Gasteiger partial charge in [0, 0.05) is 36.1 Å². The number of thiocarbonyl (C=S) groups is 1. The van der Waals surface area contributed by atoms with E-state index in [0.717, 1.165) is 32.0 Å². The molecule has 26 heavy (non-hydrogen) atoms. The number of aliphatic hydroxyl groups is 1. The first-order chi connectivity index (χ1) is 12.5. The molecule has 0 bridgehead atoms. The van der Waals surface area contributed by atoms with Gasteiger partial charge in [0.2, 0.25) is 0 Å². The lowest BCUT2D eigenvalue weighted by Crippen LogP contribution is -2.20. The number of hydrogen-bond acceptors (Lipinski definition) is 9. The van der Waals surface area contributed by atoms with Crippen molar-refractivity contribution in [1.82, 2.24) is 4.58 Å². The average Bonchev–Trinajstić information content (AvgIpc) is 3.02. The van der Waals surface area contributed by atoms with E-state index in [2.05, 4.69) is 10.7 Å². The number of ether oxygens (including phenoxy) is 2. The van der Waals surface area contributed by atoms with Crippen molar-refractivity contribution in [2.75, 3.05) is 24.0 Å². The summed E-state index contributed by atoms with van der Waals surface area (Å²) in [5.41, 5.74) is 5.29. The van der Waals surface area contributed by atoms with Crippen molar-refractivity contribution < 1.29 is 19.8 Å². The van der Waals surface area contributed by atoms with E-state index in [1.807, 2.05) is 24.4 Å². The number of hydrogen-bond donors (Lipinski definition) is 4. The van der Waals surface area contributed by atoms with Crippen molar-refractivity contribution in [2.45, 2.75) is 23.7 Å². The van der Waals surface area contributed by atoms with Crippen LogP contribution >= 0.6 is 35.5 Å². The summed E-state index contributed by atoms with van der Waals surface area (Å²) in [5.74, 6) is 0.541. The maximum Gasteiger partial charge on any atom is 0.261 e. The van der Waals surface area contributed by atoms with Crippen LogP contribution in [0, 0.1) is 0 Å². The predicted octanol–water partition coefficient (Wildman–Crippen LogP) is 3.50. The highest BCUT2D eigenvalue weighted by molar-refractivity contribution is 7.98. The van der Waals surface area contributed by atoms with E-state index >= 15 is 0 Å². The Hall–Kier alpha value is -1.56. The lowest BCUT2D eigenvalue weighted by molar-refractivity contribution is 0.0438. The molecule has 1 aliphatic heterocycles. The van der Waals surface area contributed by atoms with Crippen LogP contribution in [0.1, 0.15) is 12.5 Å². The number of benzene rings is 1. The van der Waals surface area contributed by atoms with Crippen LogP contribution in [0.2, 0.25) is 0 Å². The Balaban J connectivity index is 1.88. The first-order valence-electron chi connectivity index (χ1n) is 7.90. The number of hydrazine groups is 1. The summed E-state index contributed by atoms with van der Waals surface area (Å²) in [5, 5.41) is 24.5. The predicted molar refractivity (Wildman–Crippen MR) is 107 cm³/mol. The molecular formula is C16H19N3O4S3. The van der Waals surface area contributed by atoms with Gasteiger partial charge in [-0.15, -0.1) is 11.3 Å². The Morgan fingerprint density at radius 2 is 2.38 bits per heavy atom. The highest BCUT2D eigenvalue weighted by Gasteiger charge is 2.22. The lowest BCUT2D eigenvalue weighted by Gasteiger charge is -2.20. The zero-order valence-electron chi connectivity index (χ0n) is 14.0. The topological polar surface area (TPSA) is 86.2 Å². The van der Waals surface area contributed by atoms with Crippen LogP contribution in [-0.4, -0.2) is 39.4 Å². The van der Waals surface area contributed by atoms with Crippen molar-refractivity contribution >= 4 is 52.1 Å². The van der Waals surface area contributed by atoms with Gasteiger partial charge in [-0.25, -0.2) is 0 Å². The van der Waals surface area contributed by atoms with Crippen LogP contribution in [0.5, 0.6) is 5.75 Å². The van der Waals surface area contributed by atoms with E-state index < -0.39 is 0 Å². The van der Waals surface area contributed by atoms with E-state index in [9.17, 15) is 5.21 Å². The normalized spacial score (nSPS) is 16.5. The highest BCUT2D eigenvalue weighted by atomic mass is 32.2. The molecule has 0 spiro atoms. The summed E-state index contributed by atoms with van der Waals surface area (Å²) in [7, 11) is 0. The zero-order valence-corrected chi connectivity index (χ0v) is 16.4. The summed E-state index contributed by atoms with van der Waals surface area (Å²) in [6, 6.07) is 7.41. The molecule has 0 fully saturated rings. The van der Waals surface area contributed by atoms with E-state index in [0.29, 0.717) is 17.9 Å². The van der Waals surface area contributed by atoms with Crippen molar-refractivity contribution in [1.29, 1.82) is 0 Å². The largest absolute Gasteiger partial charge is 0.491 e. The standard InChI is InChI=1S/C16H19N3O4S3/c1-10-7-12-13(17-16(24)23-10)8-11(22-5-4-20)9-14(12)18-19(21)26-15-3-2-6-25-15/h2-3,6,8-10,18,20-21H,4-5,7H2,1H3,(H,17,24). The molecule has 140 valence electrons. The molecule has 1 aromatic carbocycles. The van der Waals surface area contributed by atoms with E-state index in [1.165, 1.54) is 11.3 Å². The van der Waals surface area contributed by atoms with Gasteiger partial charge in [0.1, 0.15) is 18.5 Å². The van der Waals surface area contributed by atoms with Gasteiger partial charge >= 0.3 is 0 Å². The fraction of sp³-hybridized carbons (Fsp3) is 0.312. The van der Waals surface area contributed by atoms with E-state index in [4.69, 9.17) is 26.8 Å². The third-order valence-electron chi connectivity index (χ3n) is 3.51. The molecule has 0 radical (unpaired) electrons. The number of nitrogens with zero attached hydrogens (tertiary/aromatic N) is 1. The number of rotatable bonds is 7. The number of fused-ring (bicyclic) bond motifs is 1. The Kier molecular flexibility index (Phi) is 6.57. The third-order valence-corrected chi connectivity index (χ3v) is 5.46. The molecule has 0 amide bonds. The van der Waals surface area contributed by atoms with Gasteiger partial charge < -0.3 is 19.9 Å². The van der Waals surface area contributed by atoms with Crippen molar-refractivity contribution in [3.05, 3.63) is 35.2 Å². The van der Waals surface area contributed by atoms with Gasteiger partial charge in [-0.3, -0.25) is 10.6 Å². The van der Waals surface area contributed by atoms with Crippen LogP contribution in [-0.2, 0) is 11.2 Å². The summed E-state index contributed by atoms with van der Waals surface area (Å²) >= 11 is 7.88. The fourth-order valence-corrected chi connectivity index (χ4v) is 4.23. The molecule has 1 aliphatic rings. The number of aliphatic hydroxyl groups excluding tert-OH is 1. The van der Waals surface area contributed by atoms with Gasteiger partial charge in [-0.1, -0.05) is 6.07 Å². The third kappa shape index (κ3) is 5.00. The Morgan fingerprint density at radius 1 is 1.54 bits per heavy atom. The number of nitrogens with one attached hydrogen (secondary N) is 2. The molecule has 1 atom stereocenters. The van der Waals surface area contributed by atoms with Crippen molar-refractivity contribution in [3.63, 3.8) is 0 Å². The van der Waals surface area contributed by atoms with Crippen LogP contribution < -0.4 is 15.5 Å². The minimum Gasteiger partial charge on any atom is -0.491 e. The average molecular weight is 414 g/mol. The first kappa shape index (κ1) is 19.2. The Bertz CT molecular complexity index is 757. The maximum atomic E-state index is 10.3. The molecular weight excluding hydrogens is 394 g/mol. The first-order valence-corrected chi connectivity index (χ1v) is 9.96. The molecule has 0 saturated heterocycles. The SMILES string of the molecule is CC1Cc2c(cc(OCCO)cc2NN(O)Sc2cccs2)NC(=S)O1. The molecule has 3 rings (SSSR count). The van der Waals surface area contributed by atoms with Crippen molar-refractivity contribution in [2.24, 2.45) is 0 Å². The molecule has 4 N–H and O–H groups in total. The smallest absolute Gasteiger partial charge is 0.261 e. The summed E-state index contributed by atoms with van der Waals surface area (Å²) in [6.07, 6.45) is 0.487. The maximum absolute atomic E-state index is 10.3. The second kappa shape index (κ2) is 8.89. The van der Waals surface area contributed by atoms with Gasteiger partial charge in [0.15, 0.2) is 0 Å². The zero-order chi connectivity index (χ0) is 18.5. The minimum atomic E-state index is -0.113. The Labute approximate surface area is 165 Å². The minimum absolute atomic E-state index is 0.0911. The van der Waals surface area contributed by atoms with Crippen molar-refractivity contribution in [3.8, 4) is 5.75 Å². The molecule has 7 nitrogen and oxygen atoms in total. The van der Waals surface area contributed by atoms with Gasteiger partial charge in [-0.05, 0) is 35.2 Å². The molecule has 0 saturated carbocycles. The molecule has 2 aromatic rings. The summed E-state index contributed by atoms with van der Waals surface area (Å²) < 4.78 is 13.0. The fourth-order valence-electron chi connectivity index (χ4n) is 2.50. The monoisotopic (exact) mass is 413 g/mol. The molecule has 0 aliphatic carbocycles. The van der Waals surface area contributed by atoms with Gasteiger partial charge in [-0.2, -0.15) is 0 Å². The molecule has 10 heteroatoms. The molecule has 2 heterocycles. The van der Waals surface area contributed by atoms with Gasteiger partial charge in [0.05, 0.1) is 22.2 Å². The van der Waals surface area contributed by atoms with E-state index in [-0.39, 0.29) is 24.5 Å². The Morgan fingerprint density at radius 3 is 3.12 bits per heavy atom. The number of thiophene rings is 1. The lowest BCUT2D eigenvalue weighted by atomic mass is 10.0.